The molecule has 2 unspecified atom stereocenters. The Labute approximate surface area is 323 Å². The third-order valence-corrected chi connectivity index (χ3v) is 7.83. The Morgan fingerprint density at radius 3 is 1.41 bits per heavy atom. The second-order valence-electron chi connectivity index (χ2n) is 12.3. The second-order valence-corrected chi connectivity index (χ2v) is 12.3. The third kappa shape index (κ3) is 20.4. The first kappa shape index (κ1) is 50.3. The molecule has 2 atom stereocenters. The van der Waals surface area contributed by atoms with Crippen molar-refractivity contribution in [1.29, 1.82) is 0 Å². The molecular weight excluding hydrogens is 754 g/mol. The molecule has 0 saturated heterocycles. The van der Waals surface area contributed by atoms with Crippen LogP contribution in [0, 0.1) is 0 Å². The van der Waals surface area contributed by atoms with Crippen LogP contribution in [0.25, 0.3) is 0 Å². The van der Waals surface area contributed by atoms with E-state index in [1.807, 2.05) is 0 Å². The Kier molecular flexibility index (Phi) is 26.5. The van der Waals surface area contributed by atoms with E-state index in [9.17, 15) is 64.5 Å². The molecule has 0 radical (unpaired) electrons. The topological polar surface area (TPSA) is 333 Å². The maximum absolute atomic E-state index is 13.4. The molecule has 0 fully saturated rings. The van der Waals surface area contributed by atoms with Gasteiger partial charge in [0.05, 0.1) is 104 Å². The first-order valence-electron chi connectivity index (χ1n) is 17.9. The molecule has 0 aromatic rings. The molecule has 0 bridgehead atoms. The van der Waals surface area contributed by atoms with Crippen molar-refractivity contribution >= 4 is 35.5 Å². The first-order chi connectivity index (χ1) is 26.9. The van der Waals surface area contributed by atoms with Crippen molar-refractivity contribution in [3.63, 3.8) is 0 Å². The molecule has 1 rings (SSSR count). The summed E-state index contributed by atoms with van der Waals surface area (Å²) in [6, 6.07) is -1.94. The number of amides is 5. The molecule has 23 nitrogen and oxygen atoms in total. The van der Waals surface area contributed by atoms with Gasteiger partial charge in [-0.3, -0.25) is 33.7 Å². The molecule has 0 aliphatic carbocycles. The quantitative estimate of drug-likeness (QED) is 0.0167. The van der Waals surface area contributed by atoms with E-state index in [4.69, 9.17) is 23.8 Å². The van der Waals surface area contributed by atoms with Crippen LogP contribution >= 0.6 is 0 Å². The zero-order valence-electron chi connectivity index (χ0n) is 31.4. The number of nitrogens with one attached hydrogen (secondary N) is 3. The molecule has 5 amide bonds. The first-order valence-corrected chi connectivity index (χ1v) is 17.9. The minimum atomic E-state index is -1.02. The molecule has 23 heteroatoms. The SMILES string of the molecule is CCC(CO)OCC(COC(CO)CO)NC(=O)CN(CC(=O)NC(COC(CO)CO)COC(CO)CO)C(=O)CCC(=O)ONCCN1C(=O)C=CC1=O. The highest BCUT2D eigenvalue weighted by Crippen LogP contribution is 2.06. The van der Waals surface area contributed by atoms with Gasteiger partial charge >= 0.3 is 5.97 Å². The van der Waals surface area contributed by atoms with Gasteiger partial charge in [-0.05, 0) is 6.42 Å². The van der Waals surface area contributed by atoms with Gasteiger partial charge in [0.25, 0.3) is 11.8 Å². The number of carbonyl (C=O) groups excluding carboxylic acids is 6. The number of hydroxylamine groups is 1. The van der Waals surface area contributed by atoms with Crippen molar-refractivity contribution in [2.24, 2.45) is 0 Å². The van der Waals surface area contributed by atoms with Gasteiger partial charge in [0.2, 0.25) is 17.7 Å². The molecule has 0 aromatic carbocycles. The zero-order chi connectivity index (χ0) is 41.9. The molecule has 0 aromatic heterocycles. The van der Waals surface area contributed by atoms with Gasteiger partial charge < -0.3 is 75.1 Å². The van der Waals surface area contributed by atoms with Crippen molar-refractivity contribution in [2.45, 2.75) is 62.7 Å². The lowest BCUT2D eigenvalue weighted by Crippen LogP contribution is -2.52. The molecule has 1 aliphatic heterocycles. The fourth-order valence-electron chi connectivity index (χ4n) is 4.55. The molecular formula is C33H57N5O18. The summed E-state index contributed by atoms with van der Waals surface area (Å²) in [4.78, 5) is 82.3. The summed E-state index contributed by atoms with van der Waals surface area (Å²) in [6.45, 7) is -4.71. The van der Waals surface area contributed by atoms with Crippen LogP contribution < -0.4 is 16.1 Å². The minimum absolute atomic E-state index is 0.107. The molecule has 322 valence electrons. The van der Waals surface area contributed by atoms with E-state index >= 15 is 0 Å². The van der Waals surface area contributed by atoms with Gasteiger partial charge in [0.1, 0.15) is 31.4 Å². The van der Waals surface area contributed by atoms with E-state index in [-0.39, 0.29) is 46.1 Å². The Morgan fingerprint density at radius 1 is 0.643 bits per heavy atom. The average molecular weight is 812 g/mol. The summed E-state index contributed by atoms with van der Waals surface area (Å²) in [6.07, 6.45) is -2.08. The highest BCUT2D eigenvalue weighted by atomic mass is 16.7. The van der Waals surface area contributed by atoms with Gasteiger partial charge in [-0.1, -0.05) is 6.92 Å². The third-order valence-electron chi connectivity index (χ3n) is 7.83. The monoisotopic (exact) mass is 811 g/mol. The van der Waals surface area contributed by atoms with Crippen molar-refractivity contribution < 1.29 is 88.3 Å². The van der Waals surface area contributed by atoms with E-state index < -0.39 is 138 Å². The van der Waals surface area contributed by atoms with Gasteiger partial charge in [-0.15, -0.1) is 0 Å². The summed E-state index contributed by atoms with van der Waals surface area (Å²) >= 11 is 0. The van der Waals surface area contributed by atoms with Gasteiger partial charge in [0.15, 0.2) is 0 Å². The number of hydrogen-bond acceptors (Lipinski definition) is 19. The van der Waals surface area contributed by atoms with Crippen LogP contribution in [0.1, 0.15) is 26.2 Å². The van der Waals surface area contributed by atoms with Crippen LogP contribution in [0.2, 0.25) is 0 Å². The van der Waals surface area contributed by atoms with E-state index in [0.29, 0.717) is 6.42 Å². The highest BCUT2D eigenvalue weighted by molar-refractivity contribution is 6.12. The minimum Gasteiger partial charge on any atom is -0.394 e. The summed E-state index contributed by atoms with van der Waals surface area (Å²) in [7, 11) is 0. The number of hydrogen-bond donors (Lipinski definition) is 10. The maximum atomic E-state index is 13.4. The van der Waals surface area contributed by atoms with E-state index in [1.54, 1.807) is 6.92 Å². The average Bonchev–Trinajstić information content (AvgIpc) is 3.51. The largest absolute Gasteiger partial charge is 0.394 e. The number of carbonyl (C=O) groups is 6. The second kappa shape index (κ2) is 29.5. The van der Waals surface area contributed by atoms with Crippen LogP contribution in [0.15, 0.2) is 12.2 Å². The van der Waals surface area contributed by atoms with Crippen molar-refractivity contribution in [2.75, 3.05) is 98.9 Å². The molecule has 1 heterocycles. The van der Waals surface area contributed by atoms with E-state index in [0.717, 1.165) is 22.0 Å². The molecule has 0 saturated carbocycles. The van der Waals surface area contributed by atoms with E-state index in [1.165, 1.54) is 0 Å². The lowest BCUT2D eigenvalue weighted by molar-refractivity contribution is -0.153. The number of aliphatic hydroxyl groups is 7. The smallest absolute Gasteiger partial charge is 0.325 e. The van der Waals surface area contributed by atoms with Gasteiger partial charge in [-0.25, -0.2) is 0 Å². The molecule has 10 N–H and O–H groups in total. The predicted molar refractivity (Wildman–Crippen MR) is 188 cm³/mol. The van der Waals surface area contributed by atoms with Crippen LogP contribution in [0.5, 0.6) is 0 Å². The Balaban J connectivity index is 3.08. The lowest BCUT2D eigenvalue weighted by atomic mass is 10.2. The summed E-state index contributed by atoms with van der Waals surface area (Å²) < 4.78 is 21.8. The summed E-state index contributed by atoms with van der Waals surface area (Å²) in [5.41, 5.74) is 2.29. The van der Waals surface area contributed by atoms with Crippen LogP contribution in [0.3, 0.4) is 0 Å². The van der Waals surface area contributed by atoms with Crippen molar-refractivity contribution in [3.05, 3.63) is 12.2 Å². The Hall–Kier alpha value is -3.72. The zero-order valence-corrected chi connectivity index (χ0v) is 31.4. The lowest BCUT2D eigenvalue weighted by Gasteiger charge is -2.27. The Morgan fingerprint density at radius 2 is 1.04 bits per heavy atom. The summed E-state index contributed by atoms with van der Waals surface area (Å²) in [5.74, 6) is -4.52. The number of nitrogens with zero attached hydrogens (tertiary/aromatic N) is 2. The highest BCUT2D eigenvalue weighted by Gasteiger charge is 2.27. The number of imide groups is 1. The van der Waals surface area contributed by atoms with Crippen molar-refractivity contribution in [1.82, 2.24) is 25.9 Å². The summed E-state index contributed by atoms with van der Waals surface area (Å²) in [5, 5.41) is 70.8. The molecule has 56 heavy (non-hydrogen) atoms. The predicted octanol–water partition coefficient (Wildman–Crippen LogP) is -6.57. The van der Waals surface area contributed by atoms with Crippen molar-refractivity contribution in [3.8, 4) is 0 Å². The number of aliphatic hydroxyl groups excluding tert-OH is 7. The maximum Gasteiger partial charge on any atom is 0.325 e. The molecule has 1 aliphatic rings. The van der Waals surface area contributed by atoms with Gasteiger partial charge in [0, 0.05) is 25.1 Å². The number of rotatable bonds is 33. The fourth-order valence-corrected chi connectivity index (χ4v) is 4.55. The number of ether oxygens (including phenoxy) is 4. The normalized spacial score (nSPS) is 14.0. The molecule has 0 spiro atoms. The van der Waals surface area contributed by atoms with Crippen LogP contribution in [-0.2, 0) is 52.6 Å². The Bertz CT molecular complexity index is 1110. The van der Waals surface area contributed by atoms with Gasteiger partial charge in [-0.2, -0.15) is 5.48 Å². The van der Waals surface area contributed by atoms with Crippen LogP contribution in [0.4, 0.5) is 0 Å². The standard InChI is InChI=1S/C33H57N5O18/c1-2-24(11-39)52-18-22(19-53-25(12-40)13-41)35-28(46)9-37(30(48)5-6-33(51)56-34-7-8-38-31(49)3-4-32(38)50)10-29(47)36-23(20-54-26(14-42)15-43)21-55-27(16-44)17-45/h3-4,22-27,34,39-45H,2,5-21H2,1H3,(H,35,46)(H,36,47). The van der Waals surface area contributed by atoms with E-state index in [2.05, 4.69) is 16.1 Å². The van der Waals surface area contributed by atoms with Crippen LogP contribution in [-0.4, -0.2) is 216 Å². The fraction of sp³-hybridized carbons (Fsp3) is 0.758.